The Morgan fingerprint density at radius 1 is 1.09 bits per heavy atom. The highest BCUT2D eigenvalue weighted by Gasteiger charge is 2.53. The lowest BCUT2D eigenvalue weighted by atomic mass is 9.86. The molecule has 2 unspecified atom stereocenters. The molecule has 0 saturated carbocycles. The van der Waals surface area contributed by atoms with E-state index in [0.717, 1.165) is 23.2 Å². The number of rotatable bonds is 9. The number of methoxy groups -OCH3 is 1. The quantitative estimate of drug-likeness (QED) is 0.509. The maximum atomic E-state index is 13.5. The Bertz CT molecular complexity index is 930. The smallest absolute Gasteiger partial charge is 0.410 e. The molecule has 33 heavy (non-hydrogen) atoms. The molecule has 1 heterocycles. The van der Waals surface area contributed by atoms with Crippen molar-refractivity contribution in [3.05, 3.63) is 65.7 Å². The third-order valence-electron chi connectivity index (χ3n) is 5.96. The zero-order valence-electron chi connectivity index (χ0n) is 19.9. The summed E-state index contributed by atoms with van der Waals surface area (Å²) in [5.74, 6) is -0.107. The number of carbonyl (C=O) groups is 2. The van der Waals surface area contributed by atoms with Crippen molar-refractivity contribution in [1.82, 2.24) is 4.90 Å². The summed E-state index contributed by atoms with van der Waals surface area (Å²) in [7, 11) is 1.60. The summed E-state index contributed by atoms with van der Waals surface area (Å²) < 4.78 is 23.1. The molecule has 3 rings (SSSR count). The van der Waals surface area contributed by atoms with Crippen LogP contribution in [0.5, 0.6) is 5.75 Å². The van der Waals surface area contributed by atoms with Crippen LogP contribution >= 0.6 is 0 Å². The zero-order valence-corrected chi connectivity index (χ0v) is 19.9. The molecule has 7 nitrogen and oxygen atoms in total. The van der Waals surface area contributed by atoms with E-state index in [0.29, 0.717) is 0 Å². The highest BCUT2D eigenvalue weighted by molar-refractivity contribution is 5.70. The first kappa shape index (κ1) is 24.7. The summed E-state index contributed by atoms with van der Waals surface area (Å²) >= 11 is 0. The van der Waals surface area contributed by atoms with Crippen LogP contribution in [0.4, 0.5) is 4.79 Å². The summed E-state index contributed by atoms with van der Waals surface area (Å²) in [6.45, 7) is 7.75. The molecule has 2 aromatic carbocycles. The predicted octanol–water partition coefficient (Wildman–Crippen LogP) is 4.72. The van der Waals surface area contributed by atoms with Gasteiger partial charge in [-0.05, 0) is 51.0 Å². The minimum absolute atomic E-state index is 0.0675. The monoisotopic (exact) mass is 455 g/mol. The number of hydrogen-bond donors (Lipinski definition) is 0. The standard InChI is InChI=1S/C26H33NO6/c1-19-23(33-25(2,3)32-19)26(4,15-16-28)27(17-20-11-13-22(30-5)14-12-20)24(29)31-18-21-9-7-6-8-10-21/h6-14,16,19,23H,15,17-18H2,1-5H3/t19?,23?,26-/m0/s1. The van der Waals surface area contributed by atoms with E-state index in [1.165, 1.54) is 0 Å². The van der Waals surface area contributed by atoms with Crippen LogP contribution in [0.1, 0.15) is 45.2 Å². The maximum absolute atomic E-state index is 13.5. The molecule has 0 aromatic heterocycles. The minimum Gasteiger partial charge on any atom is -0.497 e. The number of ether oxygens (including phenoxy) is 4. The Morgan fingerprint density at radius 2 is 1.76 bits per heavy atom. The van der Waals surface area contributed by atoms with Crippen molar-refractivity contribution in [2.75, 3.05) is 7.11 Å². The van der Waals surface area contributed by atoms with Gasteiger partial charge in [-0.2, -0.15) is 0 Å². The molecular weight excluding hydrogens is 422 g/mol. The van der Waals surface area contributed by atoms with E-state index in [2.05, 4.69) is 0 Å². The van der Waals surface area contributed by atoms with Crippen LogP contribution in [-0.4, -0.2) is 47.9 Å². The first-order valence-electron chi connectivity index (χ1n) is 11.1. The van der Waals surface area contributed by atoms with Gasteiger partial charge in [0.1, 0.15) is 24.7 Å². The van der Waals surface area contributed by atoms with Gasteiger partial charge in [-0.1, -0.05) is 42.5 Å². The number of aldehydes is 1. The van der Waals surface area contributed by atoms with Crippen molar-refractivity contribution >= 4 is 12.4 Å². The molecule has 1 aliphatic rings. The lowest BCUT2D eigenvalue weighted by molar-refractivity contribution is -0.159. The van der Waals surface area contributed by atoms with Gasteiger partial charge in [0.15, 0.2) is 5.79 Å². The molecule has 0 aliphatic carbocycles. The fraction of sp³-hybridized carbons (Fsp3) is 0.462. The van der Waals surface area contributed by atoms with Crippen molar-refractivity contribution in [2.45, 2.75) is 70.8 Å². The third kappa shape index (κ3) is 5.92. The van der Waals surface area contributed by atoms with Gasteiger partial charge >= 0.3 is 6.09 Å². The normalized spacial score (nSPS) is 21.1. The Morgan fingerprint density at radius 3 is 2.30 bits per heavy atom. The molecule has 7 heteroatoms. The van der Waals surface area contributed by atoms with E-state index in [1.54, 1.807) is 12.0 Å². The molecule has 1 amide bonds. The van der Waals surface area contributed by atoms with Crippen LogP contribution in [0, 0.1) is 0 Å². The van der Waals surface area contributed by atoms with Crippen molar-refractivity contribution in [1.29, 1.82) is 0 Å². The Hall–Kier alpha value is -2.90. The Labute approximate surface area is 195 Å². The van der Waals surface area contributed by atoms with Crippen LogP contribution in [0.25, 0.3) is 0 Å². The Balaban J connectivity index is 1.93. The maximum Gasteiger partial charge on any atom is 0.410 e. The summed E-state index contributed by atoms with van der Waals surface area (Å²) in [6, 6.07) is 16.9. The van der Waals surface area contributed by atoms with Gasteiger partial charge < -0.3 is 23.7 Å². The topological polar surface area (TPSA) is 74.3 Å². The molecule has 178 valence electrons. The lowest BCUT2D eigenvalue weighted by Gasteiger charge is -2.44. The van der Waals surface area contributed by atoms with Gasteiger partial charge in [0, 0.05) is 13.0 Å². The van der Waals surface area contributed by atoms with E-state index in [4.69, 9.17) is 18.9 Å². The summed E-state index contributed by atoms with van der Waals surface area (Å²) in [4.78, 5) is 26.8. The molecule has 2 aromatic rings. The second-order valence-corrected chi connectivity index (χ2v) is 8.96. The van der Waals surface area contributed by atoms with Gasteiger partial charge in [-0.3, -0.25) is 4.90 Å². The third-order valence-corrected chi connectivity index (χ3v) is 5.96. The molecule has 0 radical (unpaired) electrons. The molecule has 0 N–H and O–H groups in total. The summed E-state index contributed by atoms with van der Waals surface area (Å²) in [5.41, 5.74) is 0.750. The lowest BCUT2D eigenvalue weighted by Crippen LogP contribution is -2.59. The zero-order chi connectivity index (χ0) is 24.1. The second-order valence-electron chi connectivity index (χ2n) is 8.96. The van der Waals surface area contributed by atoms with Crippen LogP contribution in [0.15, 0.2) is 54.6 Å². The second kappa shape index (κ2) is 10.4. The van der Waals surface area contributed by atoms with Crippen molar-refractivity contribution < 1.29 is 28.5 Å². The molecular formula is C26H33NO6. The van der Waals surface area contributed by atoms with Gasteiger partial charge in [0.2, 0.25) is 0 Å². The fourth-order valence-electron chi connectivity index (χ4n) is 4.28. The predicted molar refractivity (Wildman–Crippen MR) is 124 cm³/mol. The summed E-state index contributed by atoms with van der Waals surface area (Å²) in [6.07, 6.45) is -0.504. The molecule has 3 atom stereocenters. The number of carbonyl (C=O) groups excluding carboxylic acids is 2. The number of nitrogens with zero attached hydrogens (tertiary/aromatic N) is 1. The van der Waals surface area contributed by atoms with E-state index in [9.17, 15) is 9.59 Å². The van der Waals surface area contributed by atoms with E-state index >= 15 is 0 Å². The van der Waals surface area contributed by atoms with Crippen LogP contribution in [0.2, 0.25) is 0 Å². The molecule has 0 bridgehead atoms. The number of amides is 1. The van der Waals surface area contributed by atoms with Gasteiger partial charge in [0.25, 0.3) is 0 Å². The fourth-order valence-corrected chi connectivity index (χ4v) is 4.28. The van der Waals surface area contributed by atoms with Crippen molar-refractivity contribution in [3.63, 3.8) is 0 Å². The van der Waals surface area contributed by atoms with Gasteiger partial charge in [-0.25, -0.2) is 4.79 Å². The first-order chi connectivity index (χ1) is 15.7. The van der Waals surface area contributed by atoms with E-state index in [1.807, 2.05) is 82.3 Å². The number of benzene rings is 2. The van der Waals surface area contributed by atoms with Crippen LogP contribution in [0.3, 0.4) is 0 Å². The molecule has 1 saturated heterocycles. The van der Waals surface area contributed by atoms with E-state index in [-0.39, 0.29) is 25.7 Å². The first-order valence-corrected chi connectivity index (χ1v) is 11.1. The van der Waals surface area contributed by atoms with Crippen molar-refractivity contribution in [2.24, 2.45) is 0 Å². The number of hydrogen-bond acceptors (Lipinski definition) is 6. The average Bonchev–Trinajstić information content (AvgIpc) is 3.09. The average molecular weight is 456 g/mol. The molecule has 1 fully saturated rings. The van der Waals surface area contributed by atoms with Crippen LogP contribution < -0.4 is 4.74 Å². The Kier molecular flexibility index (Phi) is 7.76. The SMILES string of the molecule is COc1ccc(CN(C(=O)OCc2ccccc2)[C@@](C)(CC=O)C2OC(C)(C)OC2C)cc1. The molecule has 1 aliphatic heterocycles. The van der Waals surface area contributed by atoms with Crippen molar-refractivity contribution in [3.8, 4) is 5.75 Å². The van der Waals surface area contributed by atoms with Gasteiger partial charge in [-0.15, -0.1) is 0 Å². The minimum atomic E-state index is -0.997. The van der Waals surface area contributed by atoms with E-state index < -0.39 is 23.5 Å². The van der Waals surface area contributed by atoms with Crippen LogP contribution in [-0.2, 0) is 32.2 Å². The molecule has 0 spiro atoms. The summed E-state index contributed by atoms with van der Waals surface area (Å²) in [5, 5.41) is 0. The van der Waals surface area contributed by atoms with Gasteiger partial charge in [0.05, 0.1) is 18.8 Å². The highest BCUT2D eigenvalue weighted by Crippen LogP contribution is 2.39. The highest BCUT2D eigenvalue weighted by atomic mass is 16.8. The largest absolute Gasteiger partial charge is 0.497 e.